The lowest BCUT2D eigenvalue weighted by atomic mass is 10.1. The van der Waals surface area contributed by atoms with E-state index in [1.807, 2.05) is 0 Å². The lowest BCUT2D eigenvalue weighted by molar-refractivity contribution is -0.384. The fourth-order valence-corrected chi connectivity index (χ4v) is 2.77. The minimum absolute atomic E-state index is 0.155. The van der Waals surface area contributed by atoms with Gasteiger partial charge in [-0.2, -0.15) is 0 Å². The van der Waals surface area contributed by atoms with Gasteiger partial charge in [-0.1, -0.05) is 0 Å². The highest BCUT2D eigenvalue weighted by atomic mass is 16.6. The summed E-state index contributed by atoms with van der Waals surface area (Å²) in [4.78, 5) is 34.3. The number of nitrogens with one attached hydrogen (secondary N) is 1. The molecule has 9 nitrogen and oxygen atoms in total. The predicted octanol–water partition coefficient (Wildman–Crippen LogP) is 3.42. The Balaban J connectivity index is 1.76. The maximum absolute atomic E-state index is 12.5. The number of carbonyl (C=O) groups excluding carboxylic acids is 1. The minimum Gasteiger partial charge on any atom is -0.494 e. The molecule has 9 heteroatoms. The van der Waals surface area contributed by atoms with Crippen LogP contribution in [-0.2, 0) is 4.79 Å². The van der Waals surface area contributed by atoms with Crippen LogP contribution in [-0.4, -0.2) is 24.0 Å². The van der Waals surface area contributed by atoms with Gasteiger partial charge in [0.25, 0.3) is 11.6 Å². The Bertz CT molecular complexity index is 1150. The number of non-ortho nitro benzene ring substituents is 1. The zero-order valence-electron chi connectivity index (χ0n) is 15.9. The average Bonchev–Trinajstić information content (AvgIpc) is 2.67. The first kappa shape index (κ1) is 19.9. The van der Waals surface area contributed by atoms with Gasteiger partial charge in [0.1, 0.15) is 17.1 Å². The third-order valence-corrected chi connectivity index (χ3v) is 4.26. The Morgan fingerprint density at radius 2 is 1.97 bits per heavy atom. The summed E-state index contributed by atoms with van der Waals surface area (Å²) < 4.78 is 15.9. The number of anilines is 1. The molecule has 1 heterocycles. The van der Waals surface area contributed by atoms with Gasteiger partial charge in [0, 0.05) is 23.6 Å². The first-order chi connectivity index (χ1) is 13.8. The summed E-state index contributed by atoms with van der Waals surface area (Å²) in [6.45, 7) is 3.34. The summed E-state index contributed by atoms with van der Waals surface area (Å²) >= 11 is 0. The van der Waals surface area contributed by atoms with Gasteiger partial charge in [-0.3, -0.25) is 14.9 Å². The number of ether oxygens (including phenoxy) is 2. The summed E-state index contributed by atoms with van der Waals surface area (Å²) in [5.74, 6) is 0.0233. The van der Waals surface area contributed by atoms with Gasteiger partial charge in [-0.25, -0.2) is 4.79 Å². The average molecular weight is 398 g/mol. The van der Waals surface area contributed by atoms with E-state index in [0.717, 1.165) is 10.9 Å². The highest BCUT2D eigenvalue weighted by molar-refractivity contribution is 5.95. The number of nitro benzene ring substituents is 1. The van der Waals surface area contributed by atoms with Crippen molar-refractivity contribution in [1.29, 1.82) is 0 Å². The van der Waals surface area contributed by atoms with Crippen LogP contribution in [0, 0.1) is 17.0 Å². The Hall–Kier alpha value is -3.88. The van der Waals surface area contributed by atoms with Crippen molar-refractivity contribution in [3.63, 3.8) is 0 Å². The first-order valence-electron chi connectivity index (χ1n) is 8.63. The second kappa shape index (κ2) is 8.01. The number of nitro groups is 1. The molecule has 2 aromatic carbocycles. The second-order valence-electron chi connectivity index (χ2n) is 6.30. The molecule has 0 aliphatic heterocycles. The fraction of sp³-hybridized carbons (Fsp3) is 0.200. The third kappa shape index (κ3) is 4.34. The quantitative estimate of drug-likeness (QED) is 0.383. The molecule has 3 rings (SSSR count). The zero-order valence-corrected chi connectivity index (χ0v) is 15.9. The van der Waals surface area contributed by atoms with Gasteiger partial charge in [0.15, 0.2) is 6.10 Å². The van der Waals surface area contributed by atoms with Crippen LogP contribution in [0.2, 0.25) is 0 Å². The standard InChI is InChI=1S/C20H18N2O7/c1-11-8-19(23)29-17-10-14(5-6-15(11)17)28-12(2)20(24)21-16-7-4-13(22(25)26)9-18(16)27-3/h4-10,12H,1-3H3,(H,21,24)/t12-/m1/s1. The molecule has 0 aliphatic carbocycles. The van der Waals surface area contributed by atoms with Crippen LogP contribution < -0.4 is 20.4 Å². The number of hydrogen-bond acceptors (Lipinski definition) is 7. The van der Waals surface area contributed by atoms with Crippen molar-refractivity contribution in [3.05, 3.63) is 68.6 Å². The third-order valence-electron chi connectivity index (χ3n) is 4.26. The van der Waals surface area contributed by atoms with Crippen molar-refractivity contribution >= 4 is 28.3 Å². The summed E-state index contributed by atoms with van der Waals surface area (Å²) in [6, 6.07) is 10.2. The van der Waals surface area contributed by atoms with Crippen molar-refractivity contribution in [2.45, 2.75) is 20.0 Å². The van der Waals surface area contributed by atoms with E-state index in [0.29, 0.717) is 11.3 Å². The van der Waals surface area contributed by atoms with Crippen LogP contribution in [0.15, 0.2) is 51.7 Å². The molecule has 1 atom stereocenters. The van der Waals surface area contributed by atoms with Gasteiger partial charge >= 0.3 is 5.63 Å². The predicted molar refractivity (Wildman–Crippen MR) is 106 cm³/mol. The maximum Gasteiger partial charge on any atom is 0.336 e. The Morgan fingerprint density at radius 1 is 1.21 bits per heavy atom. The molecule has 1 amide bonds. The molecule has 1 N–H and O–H groups in total. The number of aryl methyl sites for hydroxylation is 1. The normalized spacial score (nSPS) is 11.7. The second-order valence-corrected chi connectivity index (χ2v) is 6.30. The van der Waals surface area contributed by atoms with E-state index in [2.05, 4.69) is 5.32 Å². The minimum atomic E-state index is -0.899. The van der Waals surface area contributed by atoms with E-state index >= 15 is 0 Å². The molecule has 150 valence electrons. The Kier molecular flexibility index (Phi) is 5.49. The number of methoxy groups -OCH3 is 1. The van der Waals surface area contributed by atoms with Crippen molar-refractivity contribution in [2.24, 2.45) is 0 Å². The number of amides is 1. The zero-order chi connectivity index (χ0) is 21.1. The smallest absolute Gasteiger partial charge is 0.336 e. The number of fused-ring (bicyclic) bond motifs is 1. The van der Waals surface area contributed by atoms with Crippen LogP contribution in [0.25, 0.3) is 11.0 Å². The van der Waals surface area contributed by atoms with Crippen LogP contribution in [0.3, 0.4) is 0 Å². The van der Waals surface area contributed by atoms with Crippen molar-refractivity contribution in [3.8, 4) is 11.5 Å². The molecule has 29 heavy (non-hydrogen) atoms. The molecule has 3 aromatic rings. The van der Waals surface area contributed by atoms with Crippen molar-refractivity contribution in [1.82, 2.24) is 0 Å². The molecular formula is C20H18N2O7. The van der Waals surface area contributed by atoms with Crippen molar-refractivity contribution < 1.29 is 23.6 Å². The lowest BCUT2D eigenvalue weighted by Gasteiger charge is -2.16. The van der Waals surface area contributed by atoms with E-state index in [1.54, 1.807) is 32.0 Å². The molecule has 0 unspecified atom stereocenters. The maximum atomic E-state index is 12.5. The number of hydrogen-bond donors (Lipinski definition) is 1. The molecule has 0 saturated heterocycles. The Morgan fingerprint density at radius 3 is 2.66 bits per heavy atom. The van der Waals surface area contributed by atoms with E-state index in [1.165, 1.54) is 31.4 Å². The summed E-state index contributed by atoms with van der Waals surface area (Å²) in [5, 5.41) is 14.3. The first-order valence-corrected chi connectivity index (χ1v) is 8.63. The Labute approximate surface area is 165 Å². The van der Waals surface area contributed by atoms with E-state index in [9.17, 15) is 19.7 Å². The molecule has 1 aromatic heterocycles. The highest BCUT2D eigenvalue weighted by Crippen LogP contribution is 2.29. The monoisotopic (exact) mass is 398 g/mol. The molecular weight excluding hydrogens is 380 g/mol. The summed E-state index contributed by atoms with van der Waals surface area (Å²) in [7, 11) is 1.35. The van der Waals surface area contributed by atoms with E-state index in [4.69, 9.17) is 13.9 Å². The molecule has 0 fully saturated rings. The number of nitrogens with zero attached hydrogens (tertiary/aromatic N) is 1. The largest absolute Gasteiger partial charge is 0.494 e. The molecule has 0 spiro atoms. The van der Waals surface area contributed by atoms with Crippen LogP contribution >= 0.6 is 0 Å². The lowest BCUT2D eigenvalue weighted by Crippen LogP contribution is -2.30. The van der Waals surface area contributed by atoms with Crippen LogP contribution in [0.1, 0.15) is 12.5 Å². The van der Waals surface area contributed by atoms with E-state index < -0.39 is 22.6 Å². The highest BCUT2D eigenvalue weighted by Gasteiger charge is 2.19. The number of rotatable bonds is 6. The number of benzene rings is 2. The van der Waals surface area contributed by atoms with E-state index in [-0.39, 0.29) is 17.1 Å². The number of carbonyl (C=O) groups is 1. The summed E-state index contributed by atoms with van der Waals surface area (Å²) in [5.41, 5.74) is 0.787. The SMILES string of the molecule is COc1cc([N+](=O)[O-])ccc1NC(=O)[C@@H](C)Oc1ccc2c(C)cc(=O)oc2c1. The van der Waals surface area contributed by atoms with Crippen LogP contribution in [0.4, 0.5) is 11.4 Å². The van der Waals surface area contributed by atoms with Gasteiger partial charge in [0.2, 0.25) is 0 Å². The topological polar surface area (TPSA) is 121 Å². The van der Waals surface area contributed by atoms with Crippen LogP contribution in [0.5, 0.6) is 11.5 Å². The van der Waals surface area contributed by atoms with Gasteiger partial charge in [-0.05, 0) is 37.6 Å². The molecule has 0 radical (unpaired) electrons. The summed E-state index contributed by atoms with van der Waals surface area (Å²) in [6.07, 6.45) is -0.899. The van der Waals surface area contributed by atoms with Gasteiger partial charge in [0.05, 0.1) is 23.8 Å². The van der Waals surface area contributed by atoms with Crippen molar-refractivity contribution in [2.75, 3.05) is 12.4 Å². The van der Waals surface area contributed by atoms with Gasteiger partial charge in [-0.15, -0.1) is 0 Å². The fourth-order valence-electron chi connectivity index (χ4n) is 2.77. The van der Waals surface area contributed by atoms with Gasteiger partial charge < -0.3 is 19.2 Å². The molecule has 0 aliphatic rings. The molecule has 0 saturated carbocycles. The molecule has 0 bridgehead atoms.